The van der Waals surface area contributed by atoms with Gasteiger partial charge in [0.1, 0.15) is 11.5 Å². The molecule has 0 saturated heterocycles. The van der Waals surface area contributed by atoms with Crippen molar-refractivity contribution in [2.45, 2.75) is 12.8 Å². The van der Waals surface area contributed by atoms with Gasteiger partial charge in [0.25, 0.3) is 0 Å². The molecule has 0 amide bonds. The van der Waals surface area contributed by atoms with Crippen LogP contribution >= 0.6 is 0 Å². The Bertz CT molecular complexity index is 627. The fourth-order valence-electron chi connectivity index (χ4n) is 2.41. The topological polar surface area (TPSA) is 40.5 Å². The predicted molar refractivity (Wildman–Crippen MR) is 72.4 cm³/mol. The van der Waals surface area contributed by atoms with Gasteiger partial charge in [-0.05, 0) is 59.4 Å². The molecule has 0 saturated carbocycles. The molecule has 0 aromatic heterocycles. The Hall–Kier alpha value is -2.22. The molecular formula is C16H14O2. The monoisotopic (exact) mass is 238 g/mol. The van der Waals surface area contributed by atoms with Crippen molar-refractivity contribution in [3.63, 3.8) is 0 Å². The van der Waals surface area contributed by atoms with Crippen LogP contribution in [-0.4, -0.2) is 10.2 Å². The van der Waals surface area contributed by atoms with Crippen LogP contribution in [0.2, 0.25) is 0 Å². The summed E-state index contributed by atoms with van der Waals surface area (Å²) in [4.78, 5) is 0. The molecular weight excluding hydrogens is 224 g/mol. The number of benzene rings is 2. The van der Waals surface area contributed by atoms with E-state index in [0.717, 1.165) is 24.0 Å². The molecule has 0 fully saturated rings. The Morgan fingerprint density at radius 3 is 2.50 bits per heavy atom. The zero-order valence-corrected chi connectivity index (χ0v) is 9.93. The smallest absolute Gasteiger partial charge is 0.116 e. The second-order valence-electron chi connectivity index (χ2n) is 4.60. The molecule has 2 heteroatoms. The Labute approximate surface area is 106 Å². The lowest BCUT2D eigenvalue weighted by Crippen LogP contribution is -1.98. The molecule has 90 valence electrons. The van der Waals surface area contributed by atoms with Gasteiger partial charge in [-0.25, -0.2) is 0 Å². The van der Waals surface area contributed by atoms with Gasteiger partial charge in [-0.1, -0.05) is 24.3 Å². The minimum Gasteiger partial charge on any atom is -0.508 e. The molecule has 0 radical (unpaired) electrons. The fourth-order valence-corrected chi connectivity index (χ4v) is 2.41. The first-order valence-corrected chi connectivity index (χ1v) is 6.04. The number of hydrogen-bond acceptors (Lipinski definition) is 2. The van der Waals surface area contributed by atoms with E-state index >= 15 is 0 Å². The first-order chi connectivity index (χ1) is 8.72. The van der Waals surface area contributed by atoms with E-state index < -0.39 is 0 Å². The highest BCUT2D eigenvalue weighted by atomic mass is 16.3. The van der Waals surface area contributed by atoms with Gasteiger partial charge in [0.15, 0.2) is 0 Å². The number of hydrogen-bond donors (Lipinski definition) is 2. The van der Waals surface area contributed by atoms with Crippen LogP contribution in [0, 0.1) is 0 Å². The summed E-state index contributed by atoms with van der Waals surface area (Å²) < 4.78 is 0. The van der Waals surface area contributed by atoms with E-state index in [-0.39, 0.29) is 0 Å². The Balaban J connectivity index is 2.03. The summed E-state index contributed by atoms with van der Waals surface area (Å²) in [5, 5.41) is 19.0. The molecule has 18 heavy (non-hydrogen) atoms. The van der Waals surface area contributed by atoms with E-state index in [1.54, 1.807) is 18.2 Å². The molecule has 0 spiro atoms. The number of rotatable bonds is 1. The lowest BCUT2D eigenvalue weighted by Gasteiger charge is -2.17. The summed E-state index contributed by atoms with van der Waals surface area (Å²) in [6, 6.07) is 12.8. The van der Waals surface area contributed by atoms with Crippen molar-refractivity contribution in [3.8, 4) is 11.5 Å². The Kier molecular flexibility index (Phi) is 2.56. The number of phenolic OH excluding ortho intramolecular Hbond substituents is 2. The summed E-state index contributed by atoms with van der Waals surface area (Å²) in [7, 11) is 0. The second kappa shape index (κ2) is 4.22. The third-order valence-corrected chi connectivity index (χ3v) is 3.34. The van der Waals surface area contributed by atoms with Crippen LogP contribution in [0.4, 0.5) is 0 Å². The maximum Gasteiger partial charge on any atom is 0.116 e. The zero-order chi connectivity index (χ0) is 12.5. The summed E-state index contributed by atoms with van der Waals surface area (Å²) in [6.45, 7) is 0. The van der Waals surface area contributed by atoms with Crippen LogP contribution in [0.15, 0.2) is 42.5 Å². The van der Waals surface area contributed by atoms with Crippen LogP contribution in [0.3, 0.4) is 0 Å². The quantitative estimate of drug-likeness (QED) is 0.797. The van der Waals surface area contributed by atoms with E-state index in [4.69, 9.17) is 0 Å². The largest absolute Gasteiger partial charge is 0.508 e. The third-order valence-electron chi connectivity index (χ3n) is 3.34. The van der Waals surface area contributed by atoms with Crippen LogP contribution < -0.4 is 0 Å². The van der Waals surface area contributed by atoms with Gasteiger partial charge in [0.2, 0.25) is 0 Å². The lowest BCUT2D eigenvalue weighted by molar-refractivity contribution is 0.474. The number of aromatic hydroxyl groups is 2. The number of phenols is 2. The summed E-state index contributed by atoms with van der Waals surface area (Å²) >= 11 is 0. The molecule has 1 aliphatic rings. The van der Waals surface area contributed by atoms with Gasteiger partial charge in [-0.3, -0.25) is 0 Å². The van der Waals surface area contributed by atoms with Gasteiger partial charge in [0.05, 0.1) is 0 Å². The van der Waals surface area contributed by atoms with Gasteiger partial charge < -0.3 is 10.2 Å². The van der Waals surface area contributed by atoms with Crippen molar-refractivity contribution in [1.82, 2.24) is 0 Å². The standard InChI is InChI=1S/C16H14O2/c17-15-3-1-2-11(9-15)12-4-5-14-10-16(18)7-6-13(14)8-12/h1-3,6-10,17-18H,4-5H2. The normalized spacial score (nSPS) is 13.9. The van der Waals surface area contributed by atoms with Crippen molar-refractivity contribution in [2.24, 2.45) is 0 Å². The van der Waals surface area contributed by atoms with Gasteiger partial charge in [-0.15, -0.1) is 0 Å². The van der Waals surface area contributed by atoms with Crippen molar-refractivity contribution >= 4 is 11.6 Å². The average Bonchev–Trinajstić information content (AvgIpc) is 2.38. The first kappa shape index (κ1) is 10.9. The molecule has 2 nitrogen and oxygen atoms in total. The highest BCUT2D eigenvalue weighted by molar-refractivity contribution is 5.84. The van der Waals surface area contributed by atoms with Crippen LogP contribution in [0.5, 0.6) is 11.5 Å². The second-order valence-corrected chi connectivity index (χ2v) is 4.60. The van der Waals surface area contributed by atoms with Crippen LogP contribution in [0.25, 0.3) is 11.6 Å². The van der Waals surface area contributed by atoms with Crippen LogP contribution in [0.1, 0.15) is 23.1 Å². The Morgan fingerprint density at radius 2 is 1.67 bits per heavy atom. The van der Waals surface area contributed by atoms with Crippen molar-refractivity contribution in [2.75, 3.05) is 0 Å². The molecule has 3 rings (SSSR count). The van der Waals surface area contributed by atoms with Crippen molar-refractivity contribution in [3.05, 3.63) is 59.2 Å². The molecule has 1 aliphatic carbocycles. The molecule has 2 N–H and O–H groups in total. The minimum absolute atomic E-state index is 0.296. The van der Waals surface area contributed by atoms with E-state index in [1.165, 1.54) is 11.1 Å². The predicted octanol–water partition coefficient (Wildman–Crippen LogP) is 3.58. The van der Waals surface area contributed by atoms with Gasteiger partial charge >= 0.3 is 0 Å². The average molecular weight is 238 g/mol. The third kappa shape index (κ3) is 1.97. The maximum absolute atomic E-state index is 9.52. The van der Waals surface area contributed by atoms with Gasteiger partial charge in [0, 0.05) is 0 Å². The van der Waals surface area contributed by atoms with E-state index in [9.17, 15) is 10.2 Å². The SMILES string of the molecule is Oc1cccc(C2=Cc3ccc(O)cc3CC2)c1. The maximum atomic E-state index is 9.52. The Morgan fingerprint density at radius 1 is 0.833 bits per heavy atom. The molecule has 0 bridgehead atoms. The van der Waals surface area contributed by atoms with Crippen molar-refractivity contribution < 1.29 is 10.2 Å². The fraction of sp³-hybridized carbons (Fsp3) is 0.125. The summed E-state index contributed by atoms with van der Waals surface area (Å²) in [5.41, 5.74) is 4.62. The number of allylic oxidation sites excluding steroid dienone is 1. The molecule has 0 atom stereocenters. The van der Waals surface area contributed by atoms with E-state index in [1.807, 2.05) is 24.3 Å². The zero-order valence-electron chi connectivity index (χ0n) is 9.93. The summed E-state index contributed by atoms with van der Waals surface area (Å²) in [5.74, 6) is 0.618. The summed E-state index contributed by atoms with van der Waals surface area (Å²) in [6.07, 6.45) is 3.98. The van der Waals surface area contributed by atoms with Gasteiger partial charge in [-0.2, -0.15) is 0 Å². The lowest BCUT2D eigenvalue weighted by atomic mass is 9.88. The molecule has 0 aliphatic heterocycles. The van der Waals surface area contributed by atoms with Crippen LogP contribution in [-0.2, 0) is 6.42 Å². The molecule has 2 aromatic rings. The number of fused-ring (bicyclic) bond motifs is 1. The molecule has 0 heterocycles. The minimum atomic E-state index is 0.296. The highest BCUT2D eigenvalue weighted by Crippen LogP contribution is 2.32. The molecule has 0 unspecified atom stereocenters. The first-order valence-electron chi connectivity index (χ1n) is 6.04. The highest BCUT2D eigenvalue weighted by Gasteiger charge is 2.12. The van der Waals surface area contributed by atoms with Crippen molar-refractivity contribution in [1.29, 1.82) is 0 Å². The van der Waals surface area contributed by atoms with E-state index in [2.05, 4.69) is 6.08 Å². The number of aryl methyl sites for hydroxylation is 1. The molecule has 2 aromatic carbocycles. The van der Waals surface area contributed by atoms with E-state index in [0.29, 0.717) is 11.5 Å².